The second-order valence-corrected chi connectivity index (χ2v) is 15.0. The third kappa shape index (κ3) is 4.01. The van der Waals surface area contributed by atoms with Crippen molar-refractivity contribution in [3.63, 3.8) is 0 Å². The van der Waals surface area contributed by atoms with Crippen LogP contribution in [0.4, 0.5) is 17.1 Å². The summed E-state index contributed by atoms with van der Waals surface area (Å²) in [5.41, 5.74) is 7.07. The van der Waals surface area contributed by atoms with Crippen molar-refractivity contribution < 1.29 is 0 Å². The number of aromatic nitrogens is 1. The summed E-state index contributed by atoms with van der Waals surface area (Å²) in [5.74, 6) is 0. The summed E-state index contributed by atoms with van der Waals surface area (Å²) in [5, 5.41) is 10.3. The summed E-state index contributed by atoms with van der Waals surface area (Å²) >= 11 is 3.77. The highest BCUT2D eigenvalue weighted by Gasteiger charge is 2.23. The van der Waals surface area contributed by atoms with Crippen LogP contribution in [0.2, 0.25) is 0 Å². The van der Waals surface area contributed by atoms with Gasteiger partial charge in [-0.3, -0.25) is 0 Å². The molecule has 0 fully saturated rings. The van der Waals surface area contributed by atoms with Crippen LogP contribution in [0.1, 0.15) is 0 Å². The predicted molar refractivity (Wildman–Crippen MR) is 219 cm³/mol. The van der Waals surface area contributed by atoms with Gasteiger partial charge in [0.15, 0.2) is 0 Å². The zero-order valence-corrected chi connectivity index (χ0v) is 28.5. The van der Waals surface area contributed by atoms with Crippen molar-refractivity contribution >= 4 is 113 Å². The van der Waals surface area contributed by atoms with E-state index in [1.807, 2.05) is 22.7 Å². The molecule has 234 valence electrons. The molecule has 2 nitrogen and oxygen atoms in total. The van der Waals surface area contributed by atoms with Gasteiger partial charge in [0.2, 0.25) is 0 Å². The van der Waals surface area contributed by atoms with Crippen molar-refractivity contribution in [2.24, 2.45) is 0 Å². The van der Waals surface area contributed by atoms with E-state index in [9.17, 15) is 0 Å². The Hall–Kier alpha value is -5.94. The molecule has 0 spiro atoms. The molecule has 0 bridgehead atoms. The molecule has 0 N–H and O–H groups in total. The maximum atomic E-state index is 2.53. The van der Waals surface area contributed by atoms with Crippen molar-refractivity contribution in [3.8, 4) is 5.69 Å². The van der Waals surface area contributed by atoms with Crippen molar-refractivity contribution in [1.82, 2.24) is 4.57 Å². The lowest BCUT2D eigenvalue weighted by molar-refractivity contribution is 1.18. The molecule has 0 radical (unpaired) electrons. The number of benzene rings is 8. The van der Waals surface area contributed by atoms with E-state index >= 15 is 0 Å². The fraction of sp³-hybridized carbons (Fsp3) is 0. The lowest BCUT2D eigenvalue weighted by Gasteiger charge is -2.28. The van der Waals surface area contributed by atoms with E-state index in [0.717, 1.165) is 11.4 Å². The molecule has 0 atom stereocenters. The number of rotatable bonds is 4. The van der Waals surface area contributed by atoms with Crippen molar-refractivity contribution in [2.45, 2.75) is 0 Å². The molecule has 0 aliphatic carbocycles. The van der Waals surface area contributed by atoms with Gasteiger partial charge in [-0.05, 0) is 71.4 Å². The SMILES string of the molecule is c1ccc(-n2c3ccccc3c3ccc(N(c4cccc5sc6ccccc6c45)c4cccc5sc6c7ccccc7ccc6c45)cc32)cc1. The van der Waals surface area contributed by atoms with Crippen LogP contribution in [0.5, 0.6) is 0 Å². The Morgan fingerprint density at radius 3 is 1.86 bits per heavy atom. The second-order valence-electron chi connectivity index (χ2n) is 12.9. The van der Waals surface area contributed by atoms with Gasteiger partial charge >= 0.3 is 0 Å². The van der Waals surface area contributed by atoms with Gasteiger partial charge < -0.3 is 9.47 Å². The molecule has 0 saturated carbocycles. The van der Waals surface area contributed by atoms with Gasteiger partial charge in [-0.2, -0.15) is 0 Å². The molecule has 0 unspecified atom stereocenters. The Bertz CT molecular complexity index is 3110. The first-order chi connectivity index (χ1) is 24.8. The minimum Gasteiger partial charge on any atom is -0.309 e. The van der Waals surface area contributed by atoms with Crippen molar-refractivity contribution in [1.29, 1.82) is 0 Å². The third-order valence-corrected chi connectivity index (χ3v) is 12.5. The quantitative estimate of drug-likeness (QED) is 0.181. The molecule has 11 aromatic rings. The third-order valence-electron chi connectivity index (χ3n) is 10.2. The molecule has 50 heavy (non-hydrogen) atoms. The Kier molecular flexibility index (Phi) is 6.03. The number of para-hydroxylation sites is 2. The maximum Gasteiger partial charge on any atom is 0.0561 e. The average molecular weight is 673 g/mol. The first kappa shape index (κ1) is 28.0. The van der Waals surface area contributed by atoms with Crippen LogP contribution in [0.25, 0.3) is 78.6 Å². The van der Waals surface area contributed by atoms with Gasteiger partial charge in [0, 0.05) is 62.5 Å². The van der Waals surface area contributed by atoms with E-state index in [1.54, 1.807) is 0 Å². The summed E-state index contributed by atoms with van der Waals surface area (Å²) in [4.78, 5) is 2.53. The monoisotopic (exact) mass is 672 g/mol. The van der Waals surface area contributed by atoms with E-state index in [1.165, 1.54) is 84.3 Å². The van der Waals surface area contributed by atoms with E-state index in [2.05, 4.69) is 179 Å². The first-order valence-electron chi connectivity index (χ1n) is 16.9. The van der Waals surface area contributed by atoms with Crippen molar-refractivity contribution in [2.75, 3.05) is 4.90 Å². The topological polar surface area (TPSA) is 8.17 Å². The van der Waals surface area contributed by atoms with Crippen molar-refractivity contribution in [3.05, 3.63) is 170 Å². The zero-order valence-electron chi connectivity index (χ0n) is 26.9. The van der Waals surface area contributed by atoms with E-state index in [-0.39, 0.29) is 0 Å². The number of hydrogen-bond acceptors (Lipinski definition) is 3. The highest BCUT2D eigenvalue weighted by atomic mass is 32.1. The lowest BCUT2D eigenvalue weighted by atomic mass is 10.0. The highest BCUT2D eigenvalue weighted by Crippen LogP contribution is 2.50. The molecule has 0 saturated heterocycles. The number of hydrogen-bond donors (Lipinski definition) is 0. The molecule has 8 aromatic carbocycles. The van der Waals surface area contributed by atoms with Gasteiger partial charge in [-0.15, -0.1) is 22.7 Å². The van der Waals surface area contributed by atoms with Crippen LogP contribution in [-0.2, 0) is 0 Å². The molecule has 0 amide bonds. The van der Waals surface area contributed by atoms with Crippen LogP contribution in [-0.4, -0.2) is 4.57 Å². The Labute approximate surface area is 296 Å². The molecule has 3 aromatic heterocycles. The highest BCUT2D eigenvalue weighted by molar-refractivity contribution is 7.27. The number of fused-ring (bicyclic) bond motifs is 11. The fourth-order valence-electron chi connectivity index (χ4n) is 8.02. The van der Waals surface area contributed by atoms with Gasteiger partial charge in [-0.1, -0.05) is 109 Å². The second kappa shape index (κ2) is 10.8. The summed E-state index contributed by atoms with van der Waals surface area (Å²) in [7, 11) is 0. The molecule has 4 heteroatoms. The van der Waals surface area contributed by atoms with E-state index < -0.39 is 0 Å². The van der Waals surface area contributed by atoms with Crippen LogP contribution in [0, 0.1) is 0 Å². The lowest BCUT2D eigenvalue weighted by Crippen LogP contribution is -2.11. The molecule has 11 rings (SSSR count). The van der Waals surface area contributed by atoms with Gasteiger partial charge in [0.1, 0.15) is 0 Å². The van der Waals surface area contributed by atoms with Crippen LogP contribution >= 0.6 is 22.7 Å². The minimum atomic E-state index is 1.13. The minimum absolute atomic E-state index is 1.13. The number of anilines is 3. The van der Waals surface area contributed by atoms with Crippen LogP contribution < -0.4 is 4.90 Å². The molecule has 0 aliphatic heterocycles. The summed E-state index contributed by atoms with van der Waals surface area (Å²) in [6.45, 7) is 0. The fourth-order valence-corrected chi connectivity index (χ4v) is 10.4. The number of thiophene rings is 2. The van der Waals surface area contributed by atoms with Gasteiger partial charge in [0.05, 0.1) is 22.4 Å². The van der Waals surface area contributed by atoms with Crippen LogP contribution in [0.15, 0.2) is 170 Å². The Morgan fingerprint density at radius 2 is 1.02 bits per heavy atom. The van der Waals surface area contributed by atoms with E-state index in [0.29, 0.717) is 0 Å². The Morgan fingerprint density at radius 1 is 0.400 bits per heavy atom. The molecular weight excluding hydrogens is 645 g/mol. The average Bonchev–Trinajstić information content (AvgIpc) is 3.85. The van der Waals surface area contributed by atoms with E-state index in [4.69, 9.17) is 0 Å². The smallest absolute Gasteiger partial charge is 0.0561 e. The largest absolute Gasteiger partial charge is 0.309 e. The normalized spacial score (nSPS) is 12.0. The summed E-state index contributed by atoms with van der Waals surface area (Å²) in [6.07, 6.45) is 0. The predicted octanol–water partition coefficient (Wildman–Crippen LogP) is 14.1. The molecule has 0 aliphatic rings. The molecular formula is C46H28N2S2. The summed E-state index contributed by atoms with van der Waals surface area (Å²) < 4.78 is 7.64. The zero-order chi connectivity index (χ0) is 32.8. The van der Waals surface area contributed by atoms with Gasteiger partial charge in [0.25, 0.3) is 0 Å². The van der Waals surface area contributed by atoms with Crippen LogP contribution in [0.3, 0.4) is 0 Å². The number of nitrogens with zero attached hydrogens (tertiary/aromatic N) is 2. The maximum absolute atomic E-state index is 2.53. The first-order valence-corrected chi connectivity index (χ1v) is 18.6. The van der Waals surface area contributed by atoms with Gasteiger partial charge in [-0.25, -0.2) is 0 Å². The Balaban J connectivity index is 1.27. The molecule has 3 heterocycles. The summed E-state index contributed by atoms with van der Waals surface area (Å²) in [6, 6.07) is 62.4. The standard InChI is InChI=1S/C46H28N2S2/c1-2-13-30(14-3-1)47-37-18-8-6-16-33(37)34-27-25-31(28-40(34)47)48(38-19-10-22-42-44(38)35-17-7-9-21-41(35)49-42)39-20-11-23-43-45(39)36-26-24-29-12-4-5-15-32(29)46(36)50-43/h1-28H.